The van der Waals surface area contributed by atoms with Crippen LogP contribution in [0.5, 0.6) is 5.75 Å². The van der Waals surface area contributed by atoms with Crippen molar-refractivity contribution in [1.82, 2.24) is 0 Å². The summed E-state index contributed by atoms with van der Waals surface area (Å²) in [6, 6.07) is 2.21. The Balaban J connectivity index is 2.92. The molecule has 4 nitrogen and oxygen atoms in total. The molecular weight excluding hydrogens is 263 g/mol. The number of aromatic hydroxyl groups is 1. The van der Waals surface area contributed by atoms with Gasteiger partial charge in [0.25, 0.3) is 0 Å². The molecule has 106 valence electrons. The molecule has 1 aromatic carbocycles. The molecule has 2 N–H and O–H groups in total. The van der Waals surface area contributed by atoms with E-state index in [1.165, 1.54) is 0 Å². The van der Waals surface area contributed by atoms with E-state index >= 15 is 0 Å². The molecular formula is C12H14F3NO3. The molecule has 0 aliphatic heterocycles. The molecule has 1 amide bonds. The minimum absolute atomic E-state index is 0.357. The van der Waals surface area contributed by atoms with Gasteiger partial charge in [-0.2, -0.15) is 13.2 Å². The van der Waals surface area contributed by atoms with Gasteiger partial charge in [0, 0.05) is 0 Å². The van der Waals surface area contributed by atoms with Crippen LogP contribution in [0.15, 0.2) is 18.2 Å². The van der Waals surface area contributed by atoms with E-state index in [1.807, 2.05) is 0 Å². The highest BCUT2D eigenvalue weighted by Gasteiger charge is 2.31. The highest BCUT2D eigenvalue weighted by molar-refractivity contribution is 5.87. The molecule has 1 rings (SSSR count). The minimum atomic E-state index is -4.56. The van der Waals surface area contributed by atoms with E-state index in [4.69, 9.17) is 4.74 Å². The molecule has 0 fully saturated rings. The predicted molar refractivity (Wildman–Crippen MR) is 63.0 cm³/mol. The van der Waals surface area contributed by atoms with Crippen LogP contribution in [0.4, 0.5) is 23.7 Å². The van der Waals surface area contributed by atoms with E-state index in [0.717, 1.165) is 12.1 Å². The fourth-order valence-electron chi connectivity index (χ4n) is 1.23. The van der Waals surface area contributed by atoms with Crippen molar-refractivity contribution >= 4 is 11.8 Å². The molecule has 0 aromatic heterocycles. The predicted octanol–water partition coefficient (Wildman–Crippen LogP) is 3.76. The summed E-state index contributed by atoms with van der Waals surface area (Å²) in [6.07, 6.45) is -5.50. The lowest BCUT2D eigenvalue weighted by molar-refractivity contribution is -0.137. The maximum absolute atomic E-state index is 12.5. The maximum Gasteiger partial charge on any atom is 0.416 e. The van der Waals surface area contributed by atoms with Crippen LogP contribution in [-0.4, -0.2) is 16.8 Å². The molecule has 0 atom stereocenters. The highest BCUT2D eigenvalue weighted by atomic mass is 19.4. The Hall–Kier alpha value is -1.92. The fourth-order valence-corrected chi connectivity index (χ4v) is 1.23. The standard InChI is InChI=1S/C12H14F3NO3/c1-11(2,3)19-10(18)16-8-6-7(12(13,14)15)4-5-9(8)17/h4-6,17H,1-3H3,(H,16,18). The normalized spacial score (nSPS) is 12.1. The van der Waals surface area contributed by atoms with Gasteiger partial charge in [-0.25, -0.2) is 4.79 Å². The number of phenols is 1. The van der Waals surface area contributed by atoms with E-state index in [2.05, 4.69) is 5.32 Å². The zero-order chi connectivity index (χ0) is 14.8. The monoisotopic (exact) mass is 277 g/mol. The lowest BCUT2D eigenvalue weighted by Gasteiger charge is -2.20. The van der Waals surface area contributed by atoms with E-state index in [-0.39, 0.29) is 5.69 Å². The first-order chi connectivity index (χ1) is 8.49. The summed E-state index contributed by atoms with van der Waals surface area (Å²) in [7, 11) is 0. The number of anilines is 1. The molecule has 7 heteroatoms. The maximum atomic E-state index is 12.5. The number of rotatable bonds is 1. The first-order valence-electron chi connectivity index (χ1n) is 5.39. The minimum Gasteiger partial charge on any atom is -0.506 e. The largest absolute Gasteiger partial charge is 0.506 e. The average molecular weight is 277 g/mol. The molecule has 0 radical (unpaired) electrons. The van der Waals surface area contributed by atoms with Crippen molar-refractivity contribution in [3.63, 3.8) is 0 Å². The van der Waals surface area contributed by atoms with Crippen LogP contribution in [-0.2, 0) is 10.9 Å². The second-order valence-corrected chi connectivity index (χ2v) is 4.86. The Bertz CT molecular complexity index is 478. The van der Waals surface area contributed by atoms with Gasteiger partial charge in [0.2, 0.25) is 0 Å². The van der Waals surface area contributed by atoms with Gasteiger partial charge >= 0.3 is 12.3 Å². The number of ether oxygens (including phenoxy) is 1. The second-order valence-electron chi connectivity index (χ2n) is 4.86. The molecule has 1 aromatic rings. The Morgan fingerprint density at radius 2 is 1.84 bits per heavy atom. The van der Waals surface area contributed by atoms with Gasteiger partial charge < -0.3 is 9.84 Å². The quantitative estimate of drug-likeness (QED) is 0.768. The van der Waals surface area contributed by atoms with Gasteiger partial charge in [0.05, 0.1) is 11.3 Å². The second kappa shape index (κ2) is 4.99. The highest BCUT2D eigenvalue weighted by Crippen LogP contribution is 2.34. The van der Waals surface area contributed by atoms with Crippen molar-refractivity contribution in [2.75, 3.05) is 5.32 Å². The topological polar surface area (TPSA) is 58.6 Å². The fraction of sp³-hybridized carbons (Fsp3) is 0.417. The number of benzene rings is 1. The summed E-state index contributed by atoms with van der Waals surface area (Å²) in [5.41, 5.74) is -2.12. The molecule has 0 aliphatic rings. The van der Waals surface area contributed by atoms with Crippen LogP contribution in [0.3, 0.4) is 0 Å². The molecule has 0 unspecified atom stereocenters. The van der Waals surface area contributed by atoms with Crippen molar-refractivity contribution in [2.24, 2.45) is 0 Å². The van der Waals surface area contributed by atoms with E-state index < -0.39 is 29.2 Å². The number of amides is 1. The first-order valence-corrected chi connectivity index (χ1v) is 5.39. The molecule has 0 heterocycles. The van der Waals surface area contributed by atoms with Gasteiger partial charge in [0.15, 0.2) is 0 Å². The third-order valence-corrected chi connectivity index (χ3v) is 1.96. The van der Waals surface area contributed by atoms with Crippen LogP contribution in [0.25, 0.3) is 0 Å². The van der Waals surface area contributed by atoms with Crippen molar-refractivity contribution < 1.29 is 27.8 Å². The third kappa shape index (κ3) is 4.69. The van der Waals surface area contributed by atoms with Crippen LogP contribution in [0.1, 0.15) is 26.3 Å². The van der Waals surface area contributed by atoms with E-state index in [9.17, 15) is 23.1 Å². The lowest BCUT2D eigenvalue weighted by atomic mass is 10.2. The average Bonchev–Trinajstić information content (AvgIpc) is 2.16. The van der Waals surface area contributed by atoms with Gasteiger partial charge in [-0.3, -0.25) is 5.32 Å². The Labute approximate surface area is 108 Å². The number of hydrogen-bond acceptors (Lipinski definition) is 3. The molecule has 0 aliphatic carbocycles. The van der Waals surface area contributed by atoms with Crippen molar-refractivity contribution in [1.29, 1.82) is 0 Å². The number of alkyl halides is 3. The van der Waals surface area contributed by atoms with Gasteiger partial charge in [0.1, 0.15) is 11.4 Å². The Morgan fingerprint density at radius 1 is 1.26 bits per heavy atom. The summed E-state index contributed by atoms with van der Waals surface area (Å²) in [5.74, 6) is -0.473. The summed E-state index contributed by atoms with van der Waals surface area (Å²) >= 11 is 0. The SMILES string of the molecule is CC(C)(C)OC(=O)Nc1cc(C(F)(F)F)ccc1O. The number of carbonyl (C=O) groups excluding carboxylic acids is 1. The zero-order valence-corrected chi connectivity index (χ0v) is 10.6. The first kappa shape index (κ1) is 15.1. The molecule has 0 saturated heterocycles. The van der Waals surface area contributed by atoms with Crippen LogP contribution < -0.4 is 5.32 Å². The van der Waals surface area contributed by atoms with Crippen LogP contribution >= 0.6 is 0 Å². The number of nitrogens with one attached hydrogen (secondary N) is 1. The molecule has 0 bridgehead atoms. The van der Waals surface area contributed by atoms with Gasteiger partial charge in [-0.1, -0.05) is 0 Å². The molecule has 0 saturated carbocycles. The number of hydrogen-bond donors (Lipinski definition) is 2. The number of phenolic OH excluding ortho intramolecular Hbond substituents is 1. The van der Waals surface area contributed by atoms with Crippen molar-refractivity contribution in [3.8, 4) is 5.75 Å². The Kier molecular flexibility index (Phi) is 3.97. The summed E-state index contributed by atoms with van der Waals surface area (Å²) < 4.78 is 42.3. The summed E-state index contributed by atoms with van der Waals surface area (Å²) in [5, 5.41) is 11.5. The third-order valence-electron chi connectivity index (χ3n) is 1.96. The van der Waals surface area contributed by atoms with Crippen LogP contribution in [0, 0.1) is 0 Å². The Morgan fingerprint density at radius 3 is 2.32 bits per heavy atom. The summed E-state index contributed by atoms with van der Waals surface area (Å²) in [6.45, 7) is 4.83. The van der Waals surface area contributed by atoms with E-state index in [1.54, 1.807) is 20.8 Å². The zero-order valence-electron chi connectivity index (χ0n) is 10.6. The van der Waals surface area contributed by atoms with Gasteiger partial charge in [-0.15, -0.1) is 0 Å². The van der Waals surface area contributed by atoms with Crippen LogP contribution in [0.2, 0.25) is 0 Å². The van der Waals surface area contributed by atoms with E-state index in [0.29, 0.717) is 6.07 Å². The summed E-state index contributed by atoms with van der Waals surface area (Å²) in [4.78, 5) is 11.4. The number of halogens is 3. The molecule has 0 spiro atoms. The van der Waals surface area contributed by atoms with Crippen molar-refractivity contribution in [2.45, 2.75) is 32.5 Å². The molecule has 19 heavy (non-hydrogen) atoms. The smallest absolute Gasteiger partial charge is 0.416 e. The van der Waals surface area contributed by atoms with Crippen molar-refractivity contribution in [3.05, 3.63) is 23.8 Å². The number of carbonyl (C=O) groups is 1. The lowest BCUT2D eigenvalue weighted by Crippen LogP contribution is -2.27. The van der Waals surface area contributed by atoms with Gasteiger partial charge in [-0.05, 0) is 39.0 Å².